The molecule has 2 rings (SSSR count). The molecule has 3 heteroatoms. The van der Waals surface area contributed by atoms with E-state index in [0.29, 0.717) is 5.92 Å². The van der Waals surface area contributed by atoms with Gasteiger partial charge in [0, 0.05) is 39.0 Å². The molecule has 1 heterocycles. The molecule has 0 fully saturated rings. The Labute approximate surface area is 123 Å². The van der Waals surface area contributed by atoms with Crippen molar-refractivity contribution in [2.45, 2.75) is 33.2 Å². The van der Waals surface area contributed by atoms with Crippen LogP contribution in [0.4, 0.5) is 5.69 Å². The molecule has 0 unspecified atom stereocenters. The van der Waals surface area contributed by atoms with E-state index in [9.17, 15) is 0 Å². The van der Waals surface area contributed by atoms with Gasteiger partial charge in [-0.3, -0.25) is 0 Å². The van der Waals surface area contributed by atoms with Gasteiger partial charge in [0.05, 0.1) is 6.61 Å². The van der Waals surface area contributed by atoms with Crippen molar-refractivity contribution in [1.82, 2.24) is 5.32 Å². The van der Waals surface area contributed by atoms with Gasteiger partial charge in [0.2, 0.25) is 0 Å². The van der Waals surface area contributed by atoms with Crippen molar-refractivity contribution in [3.05, 3.63) is 29.3 Å². The lowest BCUT2D eigenvalue weighted by molar-refractivity contribution is 0.111. The number of anilines is 1. The molecule has 1 N–H and O–H groups in total. The minimum Gasteiger partial charge on any atom is -0.380 e. The number of aryl methyl sites for hydroxylation is 1. The van der Waals surface area contributed by atoms with E-state index in [1.807, 2.05) is 0 Å². The van der Waals surface area contributed by atoms with Gasteiger partial charge in [0.15, 0.2) is 0 Å². The lowest BCUT2D eigenvalue weighted by Crippen LogP contribution is -2.25. The summed E-state index contributed by atoms with van der Waals surface area (Å²) in [5.74, 6) is 0.618. The summed E-state index contributed by atoms with van der Waals surface area (Å²) in [6.07, 6.45) is 2.48. The molecule has 0 aliphatic carbocycles. The molecule has 1 aliphatic rings. The summed E-state index contributed by atoms with van der Waals surface area (Å²) < 4.78 is 5.57. The molecule has 20 heavy (non-hydrogen) atoms. The molecular weight excluding hydrogens is 248 g/mol. The van der Waals surface area contributed by atoms with Crippen molar-refractivity contribution >= 4 is 5.69 Å². The first kappa shape index (κ1) is 15.3. The Kier molecular flexibility index (Phi) is 5.86. The van der Waals surface area contributed by atoms with Crippen LogP contribution in [0.25, 0.3) is 0 Å². The number of nitrogens with zero attached hydrogens (tertiary/aromatic N) is 1. The summed E-state index contributed by atoms with van der Waals surface area (Å²) >= 11 is 0. The number of hydrogen-bond acceptors (Lipinski definition) is 3. The molecule has 0 aromatic heterocycles. The first-order chi connectivity index (χ1) is 9.66. The van der Waals surface area contributed by atoms with Crippen molar-refractivity contribution in [2.24, 2.45) is 5.92 Å². The second-order valence-electron chi connectivity index (χ2n) is 6.13. The van der Waals surface area contributed by atoms with Gasteiger partial charge in [-0.15, -0.1) is 0 Å². The zero-order chi connectivity index (χ0) is 14.4. The van der Waals surface area contributed by atoms with Crippen LogP contribution in [0.15, 0.2) is 18.2 Å². The first-order valence-electron chi connectivity index (χ1n) is 7.78. The fourth-order valence-corrected chi connectivity index (χ4v) is 2.64. The molecule has 0 bridgehead atoms. The normalized spacial score (nSPS) is 14.7. The molecule has 0 saturated carbocycles. The van der Waals surface area contributed by atoms with E-state index in [0.717, 1.165) is 26.3 Å². The number of nitrogens with one attached hydrogen (secondary N) is 1. The Morgan fingerprint density at radius 1 is 1.35 bits per heavy atom. The maximum atomic E-state index is 5.57. The number of rotatable bonds is 7. The SMILES string of the molecule is CC(C)COCCNCc1ccc2c(c1)CCCN2C. The summed E-state index contributed by atoms with van der Waals surface area (Å²) in [7, 11) is 2.18. The fraction of sp³-hybridized carbons (Fsp3) is 0.647. The van der Waals surface area contributed by atoms with E-state index in [2.05, 4.69) is 49.3 Å². The van der Waals surface area contributed by atoms with Crippen molar-refractivity contribution in [3.63, 3.8) is 0 Å². The largest absolute Gasteiger partial charge is 0.380 e. The average molecular weight is 276 g/mol. The zero-order valence-electron chi connectivity index (χ0n) is 13.1. The molecule has 1 aliphatic heterocycles. The second-order valence-corrected chi connectivity index (χ2v) is 6.13. The van der Waals surface area contributed by atoms with E-state index in [4.69, 9.17) is 4.74 Å². The van der Waals surface area contributed by atoms with Crippen molar-refractivity contribution in [3.8, 4) is 0 Å². The minimum atomic E-state index is 0.618. The molecule has 3 nitrogen and oxygen atoms in total. The van der Waals surface area contributed by atoms with Crippen LogP contribution in [0.1, 0.15) is 31.4 Å². The predicted molar refractivity (Wildman–Crippen MR) is 85.4 cm³/mol. The van der Waals surface area contributed by atoms with E-state index in [1.165, 1.54) is 36.2 Å². The molecule has 0 amide bonds. The third kappa shape index (κ3) is 4.50. The van der Waals surface area contributed by atoms with E-state index < -0.39 is 0 Å². The Hall–Kier alpha value is -1.06. The van der Waals surface area contributed by atoms with Crippen LogP contribution in [0.2, 0.25) is 0 Å². The lowest BCUT2D eigenvalue weighted by atomic mass is 9.99. The molecule has 0 spiro atoms. The Morgan fingerprint density at radius 3 is 3.00 bits per heavy atom. The molecule has 1 aromatic rings. The molecule has 0 atom stereocenters. The first-order valence-corrected chi connectivity index (χ1v) is 7.78. The number of ether oxygens (including phenoxy) is 1. The van der Waals surface area contributed by atoms with Crippen LogP contribution in [-0.2, 0) is 17.7 Å². The topological polar surface area (TPSA) is 24.5 Å². The summed E-state index contributed by atoms with van der Waals surface area (Å²) in [5, 5.41) is 3.45. The van der Waals surface area contributed by atoms with E-state index in [1.54, 1.807) is 0 Å². The molecule has 112 valence electrons. The Morgan fingerprint density at radius 2 is 2.20 bits per heavy atom. The van der Waals surface area contributed by atoms with Gasteiger partial charge >= 0.3 is 0 Å². The number of benzene rings is 1. The van der Waals surface area contributed by atoms with Gasteiger partial charge in [-0.2, -0.15) is 0 Å². The Bertz CT molecular complexity index is 417. The summed E-state index contributed by atoms with van der Waals surface area (Å²) in [4.78, 5) is 2.36. The van der Waals surface area contributed by atoms with Crippen LogP contribution in [0.5, 0.6) is 0 Å². The van der Waals surface area contributed by atoms with Gasteiger partial charge < -0.3 is 15.0 Å². The van der Waals surface area contributed by atoms with Crippen LogP contribution in [-0.4, -0.2) is 33.4 Å². The maximum absolute atomic E-state index is 5.57. The smallest absolute Gasteiger partial charge is 0.0591 e. The standard InChI is InChI=1S/C17H28N2O/c1-14(2)13-20-10-8-18-12-15-6-7-17-16(11-15)5-4-9-19(17)3/h6-7,11,14,18H,4-5,8-10,12-13H2,1-3H3. The van der Waals surface area contributed by atoms with Gasteiger partial charge in [-0.05, 0) is 36.0 Å². The lowest BCUT2D eigenvalue weighted by Gasteiger charge is -2.27. The van der Waals surface area contributed by atoms with E-state index in [-0.39, 0.29) is 0 Å². The van der Waals surface area contributed by atoms with Crippen molar-refractivity contribution < 1.29 is 4.74 Å². The maximum Gasteiger partial charge on any atom is 0.0591 e. The summed E-state index contributed by atoms with van der Waals surface area (Å²) in [6, 6.07) is 6.86. The molecule has 0 saturated heterocycles. The highest BCUT2D eigenvalue weighted by Gasteiger charge is 2.13. The van der Waals surface area contributed by atoms with Crippen LogP contribution in [0, 0.1) is 5.92 Å². The molecule has 0 radical (unpaired) electrons. The molecular formula is C17H28N2O. The van der Waals surface area contributed by atoms with Gasteiger partial charge in [0.1, 0.15) is 0 Å². The van der Waals surface area contributed by atoms with Crippen LogP contribution in [0.3, 0.4) is 0 Å². The van der Waals surface area contributed by atoms with Crippen molar-refractivity contribution in [2.75, 3.05) is 38.3 Å². The van der Waals surface area contributed by atoms with Crippen molar-refractivity contribution in [1.29, 1.82) is 0 Å². The third-order valence-electron chi connectivity index (χ3n) is 3.70. The fourth-order valence-electron chi connectivity index (χ4n) is 2.64. The summed E-state index contributed by atoms with van der Waals surface area (Å²) in [5.41, 5.74) is 4.28. The monoisotopic (exact) mass is 276 g/mol. The Balaban J connectivity index is 1.74. The summed E-state index contributed by atoms with van der Waals surface area (Å²) in [6.45, 7) is 9.04. The highest BCUT2D eigenvalue weighted by molar-refractivity contribution is 5.56. The number of hydrogen-bond donors (Lipinski definition) is 1. The van der Waals surface area contributed by atoms with Gasteiger partial charge in [-0.25, -0.2) is 0 Å². The quantitative estimate of drug-likeness (QED) is 0.775. The van der Waals surface area contributed by atoms with E-state index >= 15 is 0 Å². The zero-order valence-corrected chi connectivity index (χ0v) is 13.1. The van der Waals surface area contributed by atoms with Gasteiger partial charge in [0.25, 0.3) is 0 Å². The minimum absolute atomic E-state index is 0.618. The van der Waals surface area contributed by atoms with Crippen LogP contribution >= 0.6 is 0 Å². The highest BCUT2D eigenvalue weighted by Crippen LogP contribution is 2.26. The third-order valence-corrected chi connectivity index (χ3v) is 3.70. The second kappa shape index (κ2) is 7.65. The number of fused-ring (bicyclic) bond motifs is 1. The molecule has 1 aromatic carbocycles. The predicted octanol–water partition coefficient (Wildman–Crippen LogP) is 2.83. The average Bonchev–Trinajstić information content (AvgIpc) is 2.42. The van der Waals surface area contributed by atoms with Crippen LogP contribution < -0.4 is 10.2 Å². The van der Waals surface area contributed by atoms with Gasteiger partial charge in [-0.1, -0.05) is 26.0 Å². The highest BCUT2D eigenvalue weighted by atomic mass is 16.5.